The fourth-order valence-electron chi connectivity index (χ4n) is 0.731. The Labute approximate surface area is 68.9 Å². The maximum absolute atomic E-state index is 10.8. The number of thiophene rings is 1. The zero-order valence-corrected chi connectivity index (χ0v) is 7.28. The van der Waals surface area contributed by atoms with Gasteiger partial charge in [0.2, 0.25) is 10.0 Å². The van der Waals surface area contributed by atoms with Gasteiger partial charge in [-0.2, -0.15) is 0 Å². The molecular weight excluding hydrogens is 184 g/mol. The maximum atomic E-state index is 10.8. The number of sulfonamides is 1. The summed E-state index contributed by atoms with van der Waals surface area (Å²) < 4.78 is 21.6. The van der Waals surface area contributed by atoms with Crippen LogP contribution in [0, 0.1) is 0 Å². The Morgan fingerprint density at radius 2 is 2.18 bits per heavy atom. The highest BCUT2D eigenvalue weighted by molar-refractivity contribution is 7.89. The summed E-state index contributed by atoms with van der Waals surface area (Å²) in [7, 11) is -3.57. The maximum Gasteiger partial charge on any atom is 0.239 e. The third kappa shape index (κ3) is 1.78. The molecule has 0 bridgehead atoms. The molecule has 0 saturated carbocycles. The molecule has 0 spiro atoms. The van der Waals surface area contributed by atoms with Gasteiger partial charge < -0.3 is 5.73 Å². The van der Waals surface area contributed by atoms with Gasteiger partial charge in [0.15, 0.2) is 0 Å². The molecule has 4 N–H and O–H groups in total. The third-order valence-electron chi connectivity index (χ3n) is 1.20. The first-order valence-corrected chi connectivity index (χ1v) is 5.27. The first kappa shape index (κ1) is 8.66. The van der Waals surface area contributed by atoms with Gasteiger partial charge in [0.05, 0.1) is 4.90 Å². The third-order valence-corrected chi connectivity index (χ3v) is 3.26. The molecule has 0 saturated heterocycles. The average molecular weight is 192 g/mol. The van der Waals surface area contributed by atoms with Gasteiger partial charge in [-0.15, -0.1) is 11.3 Å². The molecule has 0 aliphatic heterocycles. The molecule has 0 unspecified atom stereocenters. The van der Waals surface area contributed by atoms with E-state index < -0.39 is 10.0 Å². The lowest BCUT2D eigenvalue weighted by Crippen LogP contribution is -2.13. The highest BCUT2D eigenvalue weighted by Crippen LogP contribution is 2.19. The molecule has 0 aliphatic carbocycles. The second-order valence-corrected chi connectivity index (χ2v) is 4.49. The lowest BCUT2D eigenvalue weighted by molar-refractivity contribution is 0.597. The Morgan fingerprint density at radius 3 is 2.55 bits per heavy atom. The van der Waals surface area contributed by atoms with Crippen LogP contribution in [0.5, 0.6) is 0 Å². The number of hydrogen-bond acceptors (Lipinski definition) is 4. The molecule has 1 heterocycles. The molecule has 0 atom stereocenters. The standard InChI is InChI=1S/C5H8N2O2S2/c6-3-4-5(1-2-10-4)11(7,8)9/h1-2H,3,6H2,(H2,7,8,9). The Morgan fingerprint density at radius 1 is 1.55 bits per heavy atom. The molecule has 62 valence electrons. The first-order valence-electron chi connectivity index (χ1n) is 2.85. The van der Waals surface area contributed by atoms with E-state index in [0.29, 0.717) is 4.88 Å². The molecule has 1 rings (SSSR count). The summed E-state index contributed by atoms with van der Waals surface area (Å²) in [6.45, 7) is 0.212. The van der Waals surface area contributed by atoms with Gasteiger partial charge in [-0.3, -0.25) is 0 Å². The Bertz CT molecular complexity index is 341. The SMILES string of the molecule is NCc1sccc1S(N)(=O)=O. The zero-order chi connectivity index (χ0) is 8.48. The molecule has 0 aliphatic rings. The molecule has 0 fully saturated rings. The molecule has 1 aromatic rings. The number of hydrogen-bond donors (Lipinski definition) is 2. The molecular formula is C5H8N2O2S2. The average Bonchev–Trinajstić information content (AvgIpc) is 2.31. The quantitative estimate of drug-likeness (QED) is 0.683. The van der Waals surface area contributed by atoms with E-state index in [4.69, 9.17) is 10.9 Å². The monoisotopic (exact) mass is 192 g/mol. The summed E-state index contributed by atoms with van der Waals surface area (Å²) in [6.07, 6.45) is 0. The molecule has 6 heteroatoms. The summed E-state index contributed by atoms with van der Waals surface area (Å²) in [5.41, 5.74) is 5.28. The van der Waals surface area contributed by atoms with Gasteiger partial charge >= 0.3 is 0 Å². The van der Waals surface area contributed by atoms with Crippen molar-refractivity contribution in [1.29, 1.82) is 0 Å². The van der Waals surface area contributed by atoms with Gasteiger partial charge in [0.25, 0.3) is 0 Å². The van der Waals surface area contributed by atoms with E-state index in [1.807, 2.05) is 0 Å². The largest absolute Gasteiger partial charge is 0.326 e. The van der Waals surface area contributed by atoms with Gasteiger partial charge in [-0.1, -0.05) is 0 Å². The lowest BCUT2D eigenvalue weighted by atomic mass is 10.5. The fourth-order valence-corrected chi connectivity index (χ4v) is 2.62. The highest BCUT2D eigenvalue weighted by atomic mass is 32.2. The smallest absolute Gasteiger partial charge is 0.239 e. The topological polar surface area (TPSA) is 86.2 Å². The van der Waals surface area contributed by atoms with Crippen molar-refractivity contribution in [2.24, 2.45) is 10.9 Å². The second kappa shape index (κ2) is 2.90. The summed E-state index contributed by atoms with van der Waals surface area (Å²) in [4.78, 5) is 0.748. The minimum Gasteiger partial charge on any atom is -0.326 e. The zero-order valence-electron chi connectivity index (χ0n) is 5.65. The Hall–Kier alpha value is -0.430. The van der Waals surface area contributed by atoms with Crippen LogP contribution in [-0.2, 0) is 16.6 Å². The molecule has 0 aromatic carbocycles. The van der Waals surface area contributed by atoms with Crippen molar-refractivity contribution in [1.82, 2.24) is 0 Å². The Balaban J connectivity index is 3.24. The predicted molar refractivity (Wildman–Crippen MR) is 43.6 cm³/mol. The molecule has 0 radical (unpaired) electrons. The van der Waals surface area contributed by atoms with Crippen LogP contribution < -0.4 is 10.9 Å². The van der Waals surface area contributed by atoms with Crippen molar-refractivity contribution in [2.75, 3.05) is 0 Å². The minimum atomic E-state index is -3.57. The van der Waals surface area contributed by atoms with Crippen molar-refractivity contribution in [2.45, 2.75) is 11.4 Å². The van der Waals surface area contributed by atoms with Crippen LogP contribution in [-0.4, -0.2) is 8.42 Å². The number of primary sulfonamides is 1. The summed E-state index contributed by atoms with van der Waals surface area (Å²) >= 11 is 1.29. The van der Waals surface area contributed by atoms with Crippen molar-refractivity contribution < 1.29 is 8.42 Å². The molecule has 0 amide bonds. The van der Waals surface area contributed by atoms with Crippen molar-refractivity contribution in [3.63, 3.8) is 0 Å². The molecule has 4 nitrogen and oxygen atoms in total. The first-order chi connectivity index (χ1) is 5.05. The van der Waals surface area contributed by atoms with Crippen LogP contribution in [0.2, 0.25) is 0 Å². The predicted octanol–water partition coefficient (Wildman–Crippen LogP) is -0.146. The van der Waals surface area contributed by atoms with Gasteiger partial charge in [0.1, 0.15) is 0 Å². The summed E-state index contributed by atoms with van der Waals surface area (Å²) in [6, 6.07) is 1.46. The van der Waals surface area contributed by atoms with Gasteiger partial charge in [-0.05, 0) is 11.4 Å². The van der Waals surface area contributed by atoms with Crippen molar-refractivity contribution in [3.8, 4) is 0 Å². The number of rotatable bonds is 2. The van der Waals surface area contributed by atoms with Crippen LogP contribution in [0.1, 0.15) is 4.88 Å². The highest BCUT2D eigenvalue weighted by Gasteiger charge is 2.13. The number of nitrogens with two attached hydrogens (primary N) is 2. The van der Waals surface area contributed by atoms with E-state index in [9.17, 15) is 8.42 Å². The van der Waals surface area contributed by atoms with Crippen molar-refractivity contribution >= 4 is 21.4 Å². The van der Waals surface area contributed by atoms with Crippen LogP contribution in [0.15, 0.2) is 16.3 Å². The minimum absolute atomic E-state index is 0.144. The van der Waals surface area contributed by atoms with E-state index in [1.165, 1.54) is 17.4 Å². The van der Waals surface area contributed by atoms with E-state index in [0.717, 1.165) is 0 Å². The van der Waals surface area contributed by atoms with E-state index in [-0.39, 0.29) is 11.4 Å². The van der Waals surface area contributed by atoms with Crippen LogP contribution in [0.25, 0.3) is 0 Å². The van der Waals surface area contributed by atoms with Crippen LogP contribution in [0.3, 0.4) is 0 Å². The van der Waals surface area contributed by atoms with E-state index in [1.54, 1.807) is 5.38 Å². The van der Waals surface area contributed by atoms with Crippen molar-refractivity contribution in [3.05, 3.63) is 16.3 Å². The van der Waals surface area contributed by atoms with E-state index in [2.05, 4.69) is 0 Å². The molecule has 11 heavy (non-hydrogen) atoms. The van der Waals surface area contributed by atoms with Gasteiger partial charge in [0, 0.05) is 11.4 Å². The normalized spacial score (nSPS) is 11.8. The summed E-state index contributed by atoms with van der Waals surface area (Å²) in [5.74, 6) is 0. The van der Waals surface area contributed by atoms with Crippen LogP contribution in [0.4, 0.5) is 0 Å². The van der Waals surface area contributed by atoms with Gasteiger partial charge in [-0.25, -0.2) is 13.6 Å². The lowest BCUT2D eigenvalue weighted by Gasteiger charge is -1.95. The summed E-state index contributed by atoms with van der Waals surface area (Å²) in [5, 5.41) is 6.56. The fraction of sp³-hybridized carbons (Fsp3) is 0.200. The molecule has 1 aromatic heterocycles. The van der Waals surface area contributed by atoms with Crippen LogP contribution >= 0.6 is 11.3 Å². The second-order valence-electron chi connectivity index (χ2n) is 1.96. The van der Waals surface area contributed by atoms with E-state index >= 15 is 0 Å². The Kier molecular flexibility index (Phi) is 2.28.